The van der Waals surface area contributed by atoms with Crippen molar-refractivity contribution in [1.29, 1.82) is 0 Å². The average Bonchev–Trinajstić information content (AvgIpc) is 3.67. The lowest BCUT2D eigenvalue weighted by Crippen LogP contribution is -2.04. The zero-order valence-corrected chi connectivity index (χ0v) is 33.9. The molecule has 0 saturated carbocycles. The summed E-state index contributed by atoms with van der Waals surface area (Å²) in [6.07, 6.45) is 9.93. The third-order valence-corrected chi connectivity index (χ3v) is 10.4. The summed E-state index contributed by atoms with van der Waals surface area (Å²) in [4.78, 5) is 5.33. The topological polar surface area (TPSA) is 72.2 Å². The van der Waals surface area contributed by atoms with Crippen LogP contribution in [-0.4, -0.2) is 38.0 Å². The molecule has 56 heavy (non-hydrogen) atoms. The molecule has 0 bridgehead atoms. The lowest BCUT2D eigenvalue weighted by molar-refractivity contribution is 0.262. The van der Waals surface area contributed by atoms with Crippen molar-refractivity contribution >= 4 is 54.2 Å². The quantitative estimate of drug-likeness (QED) is 0.0534. The van der Waals surface area contributed by atoms with E-state index in [1.807, 2.05) is 0 Å². The van der Waals surface area contributed by atoms with Crippen molar-refractivity contribution < 1.29 is 28.1 Å². The lowest BCUT2D eigenvalue weighted by Gasteiger charge is -2.19. The van der Waals surface area contributed by atoms with Crippen LogP contribution >= 0.6 is 0 Å². The number of unbranched alkanes of at least 4 members (excludes halogenated alkanes) is 5. The standard InChI is InChI=1S/C49H57NO6/c1-6-11-22-51-41-28-36-37-29-43(53-24-13-8-3)44(54-25-14-9-4)31-39(37)46-40(38(36)30-42(41)52-23-12-7-2)32-45(55-26-15-10-5)48-47(46)50-49(56-48)35-21-20-33-18-16-17-19-34(33)27-35/h16-21,27-32H,6-15,22-26H2,1-5H3. The van der Waals surface area contributed by atoms with Gasteiger partial charge >= 0.3 is 0 Å². The monoisotopic (exact) mass is 755 g/mol. The van der Waals surface area contributed by atoms with Gasteiger partial charge in [-0.1, -0.05) is 97.1 Å². The van der Waals surface area contributed by atoms with E-state index in [1.54, 1.807) is 0 Å². The summed E-state index contributed by atoms with van der Waals surface area (Å²) in [7, 11) is 0. The molecule has 294 valence electrons. The summed E-state index contributed by atoms with van der Waals surface area (Å²) in [6.45, 7) is 13.9. The number of aromatic nitrogens is 1. The fourth-order valence-electron chi connectivity index (χ4n) is 7.17. The third-order valence-electron chi connectivity index (χ3n) is 10.4. The van der Waals surface area contributed by atoms with Crippen molar-refractivity contribution in [2.75, 3.05) is 33.0 Å². The van der Waals surface area contributed by atoms with E-state index < -0.39 is 0 Å². The Morgan fingerprint density at radius 1 is 0.446 bits per heavy atom. The van der Waals surface area contributed by atoms with E-state index in [2.05, 4.69) is 107 Å². The molecule has 0 unspecified atom stereocenters. The number of ether oxygens (including phenoxy) is 5. The van der Waals surface area contributed by atoms with Gasteiger partial charge in [-0.05, 0) is 112 Å². The van der Waals surface area contributed by atoms with Gasteiger partial charge in [0.05, 0.1) is 33.0 Å². The average molecular weight is 756 g/mol. The number of nitrogens with zero attached hydrogens (tertiary/aromatic N) is 1. The van der Waals surface area contributed by atoms with Crippen molar-refractivity contribution in [1.82, 2.24) is 4.98 Å². The molecule has 0 saturated heterocycles. The Bertz CT molecular complexity index is 2370. The number of oxazole rings is 1. The smallest absolute Gasteiger partial charge is 0.227 e. The highest BCUT2D eigenvalue weighted by Crippen LogP contribution is 2.48. The fourth-order valence-corrected chi connectivity index (χ4v) is 7.17. The lowest BCUT2D eigenvalue weighted by atomic mass is 9.92. The van der Waals surface area contributed by atoms with Gasteiger partial charge in [0.25, 0.3) is 0 Å². The molecule has 7 aromatic rings. The summed E-state index contributed by atoms with van der Waals surface area (Å²) in [5, 5.41) is 8.37. The molecule has 0 aliphatic carbocycles. The first-order chi connectivity index (χ1) is 27.6. The molecule has 0 amide bonds. The minimum absolute atomic E-state index is 0.550. The molecule has 0 spiro atoms. The molecule has 0 atom stereocenters. The summed E-state index contributed by atoms with van der Waals surface area (Å²) >= 11 is 0. The van der Waals surface area contributed by atoms with Gasteiger partial charge in [0, 0.05) is 10.9 Å². The minimum Gasteiger partial charge on any atom is -0.490 e. The van der Waals surface area contributed by atoms with E-state index >= 15 is 0 Å². The van der Waals surface area contributed by atoms with Crippen molar-refractivity contribution in [3.05, 3.63) is 72.8 Å². The number of hydrogen-bond acceptors (Lipinski definition) is 7. The number of fused-ring (bicyclic) bond motifs is 9. The first kappa shape index (κ1) is 39.1. The first-order valence-electron chi connectivity index (χ1n) is 21.1. The largest absolute Gasteiger partial charge is 0.490 e. The molecular formula is C49H57NO6. The molecular weight excluding hydrogens is 699 g/mol. The van der Waals surface area contributed by atoms with Crippen molar-refractivity contribution in [3.8, 4) is 40.2 Å². The van der Waals surface area contributed by atoms with Crippen molar-refractivity contribution in [2.45, 2.75) is 98.8 Å². The number of benzene rings is 6. The van der Waals surface area contributed by atoms with E-state index in [4.69, 9.17) is 33.1 Å². The van der Waals surface area contributed by atoms with E-state index in [0.29, 0.717) is 50.3 Å². The minimum atomic E-state index is 0.550. The molecule has 0 fully saturated rings. The van der Waals surface area contributed by atoms with E-state index in [0.717, 1.165) is 136 Å². The molecule has 1 aromatic heterocycles. The van der Waals surface area contributed by atoms with Crippen LogP contribution in [0.5, 0.6) is 28.7 Å². The molecule has 0 aliphatic rings. The maximum absolute atomic E-state index is 6.76. The van der Waals surface area contributed by atoms with Crippen molar-refractivity contribution in [2.24, 2.45) is 0 Å². The van der Waals surface area contributed by atoms with Gasteiger partial charge in [0.1, 0.15) is 5.52 Å². The third kappa shape index (κ3) is 8.33. The highest BCUT2D eigenvalue weighted by molar-refractivity contribution is 6.32. The Labute approximate surface area is 331 Å². The zero-order valence-electron chi connectivity index (χ0n) is 33.9. The number of rotatable bonds is 21. The first-order valence-corrected chi connectivity index (χ1v) is 21.1. The van der Waals surface area contributed by atoms with E-state index in [-0.39, 0.29) is 0 Å². The predicted molar refractivity (Wildman–Crippen MR) is 231 cm³/mol. The molecule has 0 radical (unpaired) electrons. The summed E-state index contributed by atoms with van der Waals surface area (Å²) in [6, 6.07) is 25.5. The normalized spacial score (nSPS) is 11.7. The highest BCUT2D eigenvalue weighted by Gasteiger charge is 2.24. The Morgan fingerprint density at radius 3 is 1.34 bits per heavy atom. The molecule has 7 heteroatoms. The summed E-state index contributed by atoms with van der Waals surface area (Å²) < 4.78 is 39.3. The summed E-state index contributed by atoms with van der Waals surface area (Å²) in [5.41, 5.74) is 2.29. The SMILES string of the molecule is CCCCOc1cc2c3cc(OCCCC)c(OCCCC)cc3c3c(cc(OCCCC)c4oc(-c5ccc6ccccc6c5)nc43)c2cc1OCCCC. The van der Waals surface area contributed by atoms with Crippen LogP contribution in [0.15, 0.2) is 77.2 Å². The second-order valence-electron chi connectivity index (χ2n) is 14.8. The molecule has 0 N–H and O–H groups in total. The fraction of sp³-hybridized carbons (Fsp3) is 0.408. The molecule has 6 aromatic carbocycles. The van der Waals surface area contributed by atoms with Crippen LogP contribution in [0.2, 0.25) is 0 Å². The Morgan fingerprint density at radius 2 is 0.857 bits per heavy atom. The Kier molecular flexibility index (Phi) is 13.0. The van der Waals surface area contributed by atoms with Gasteiger partial charge in [0.15, 0.2) is 34.3 Å². The van der Waals surface area contributed by atoms with Crippen LogP contribution in [0.4, 0.5) is 0 Å². The molecule has 1 heterocycles. The van der Waals surface area contributed by atoms with Crippen molar-refractivity contribution in [3.63, 3.8) is 0 Å². The molecule has 0 aliphatic heterocycles. The highest BCUT2D eigenvalue weighted by atomic mass is 16.5. The van der Waals surface area contributed by atoms with Crippen LogP contribution in [0.1, 0.15) is 98.8 Å². The van der Waals surface area contributed by atoms with Crippen LogP contribution in [0, 0.1) is 0 Å². The maximum Gasteiger partial charge on any atom is 0.227 e. The van der Waals surface area contributed by atoms with Gasteiger partial charge in [-0.3, -0.25) is 0 Å². The van der Waals surface area contributed by atoms with Gasteiger partial charge in [0.2, 0.25) is 5.89 Å². The predicted octanol–water partition coefficient (Wildman–Crippen LogP) is 14.0. The van der Waals surface area contributed by atoms with Crippen LogP contribution in [-0.2, 0) is 0 Å². The van der Waals surface area contributed by atoms with Crippen LogP contribution in [0.3, 0.4) is 0 Å². The molecule has 7 nitrogen and oxygen atoms in total. The maximum atomic E-state index is 6.76. The van der Waals surface area contributed by atoms with E-state index in [9.17, 15) is 0 Å². The van der Waals surface area contributed by atoms with E-state index in [1.165, 1.54) is 5.39 Å². The van der Waals surface area contributed by atoms with Gasteiger partial charge in [-0.25, -0.2) is 4.98 Å². The Balaban J connectivity index is 1.57. The second-order valence-corrected chi connectivity index (χ2v) is 14.8. The van der Waals surface area contributed by atoms with Gasteiger partial charge < -0.3 is 28.1 Å². The summed E-state index contributed by atoms with van der Waals surface area (Å²) in [5.74, 6) is 4.20. The van der Waals surface area contributed by atoms with Gasteiger partial charge in [-0.15, -0.1) is 0 Å². The zero-order chi connectivity index (χ0) is 38.9. The van der Waals surface area contributed by atoms with Gasteiger partial charge in [-0.2, -0.15) is 0 Å². The Hall–Kier alpha value is -5.17. The second kappa shape index (κ2) is 18.6. The number of hydrogen-bond donors (Lipinski definition) is 0. The van der Waals surface area contributed by atoms with Crippen LogP contribution in [0.25, 0.3) is 65.6 Å². The molecule has 7 rings (SSSR count). The van der Waals surface area contributed by atoms with Crippen LogP contribution < -0.4 is 23.7 Å².